The van der Waals surface area contributed by atoms with Crippen molar-refractivity contribution in [2.75, 3.05) is 12.4 Å². The van der Waals surface area contributed by atoms with Gasteiger partial charge in [0.15, 0.2) is 5.82 Å². The molecule has 0 radical (unpaired) electrons. The molecular formula is C21H18ClN5O2. The Morgan fingerprint density at radius 2 is 2.03 bits per heavy atom. The molecule has 0 aliphatic heterocycles. The summed E-state index contributed by atoms with van der Waals surface area (Å²) in [6.07, 6.45) is 1.80. The zero-order chi connectivity index (χ0) is 20.2. The highest BCUT2D eigenvalue weighted by Crippen LogP contribution is 2.22. The van der Waals surface area contributed by atoms with E-state index in [1.165, 1.54) is 0 Å². The molecule has 146 valence electrons. The molecule has 2 heterocycles. The number of ether oxygens (including phenoxy) is 1. The lowest BCUT2D eigenvalue weighted by Crippen LogP contribution is -2.13. The summed E-state index contributed by atoms with van der Waals surface area (Å²) in [5, 5.41) is 14.8. The average Bonchev–Trinajstić information content (AvgIpc) is 3.38. The maximum atomic E-state index is 12.5. The van der Waals surface area contributed by atoms with Gasteiger partial charge in [0.25, 0.3) is 5.91 Å². The van der Waals surface area contributed by atoms with Gasteiger partial charge in [0.1, 0.15) is 11.4 Å². The zero-order valence-electron chi connectivity index (χ0n) is 15.6. The fourth-order valence-corrected chi connectivity index (χ4v) is 3.10. The maximum absolute atomic E-state index is 12.5. The average molecular weight is 408 g/mol. The van der Waals surface area contributed by atoms with Crippen molar-refractivity contribution in [2.24, 2.45) is 0 Å². The number of halogens is 1. The number of benzene rings is 2. The van der Waals surface area contributed by atoms with E-state index in [1.807, 2.05) is 48.5 Å². The minimum Gasteiger partial charge on any atom is -0.497 e. The molecule has 0 aliphatic carbocycles. The van der Waals surface area contributed by atoms with Crippen molar-refractivity contribution >= 4 is 23.3 Å². The molecule has 0 unspecified atom stereocenters. The second-order valence-electron chi connectivity index (χ2n) is 6.38. The Bertz CT molecular complexity index is 1150. The van der Waals surface area contributed by atoms with Gasteiger partial charge >= 0.3 is 0 Å². The number of nitrogens with one attached hydrogen (secondary N) is 2. The number of carbonyl (C=O) groups is 1. The van der Waals surface area contributed by atoms with Gasteiger partial charge in [-0.15, -0.1) is 0 Å². The first-order valence-corrected chi connectivity index (χ1v) is 9.27. The third-order valence-electron chi connectivity index (χ3n) is 4.30. The van der Waals surface area contributed by atoms with E-state index in [-0.39, 0.29) is 5.91 Å². The molecule has 2 aromatic heterocycles. The highest BCUT2D eigenvalue weighted by Gasteiger charge is 2.13. The van der Waals surface area contributed by atoms with E-state index < -0.39 is 0 Å². The Morgan fingerprint density at radius 3 is 2.86 bits per heavy atom. The summed E-state index contributed by atoms with van der Waals surface area (Å²) < 4.78 is 6.96. The van der Waals surface area contributed by atoms with Crippen LogP contribution >= 0.6 is 11.6 Å². The van der Waals surface area contributed by atoms with E-state index >= 15 is 0 Å². The van der Waals surface area contributed by atoms with E-state index in [0.29, 0.717) is 28.8 Å². The summed E-state index contributed by atoms with van der Waals surface area (Å²) in [4.78, 5) is 12.5. The molecule has 0 fully saturated rings. The summed E-state index contributed by atoms with van der Waals surface area (Å²) >= 11 is 6.01. The standard InChI is InChI=1S/C21H18ClN5O2/c1-29-17-7-3-5-15(11-17)18-12-19(25-24-18)21(28)23-20-8-9-27(26-20)13-14-4-2-6-16(22)10-14/h2-12H,13H2,1H3,(H,24,25)(H,23,26,28). The van der Waals surface area contributed by atoms with Crippen LogP contribution in [-0.2, 0) is 6.54 Å². The van der Waals surface area contributed by atoms with Crippen LogP contribution in [0.5, 0.6) is 5.75 Å². The molecule has 4 rings (SSSR count). The van der Waals surface area contributed by atoms with Crippen molar-refractivity contribution in [3.63, 3.8) is 0 Å². The number of methoxy groups -OCH3 is 1. The van der Waals surface area contributed by atoms with Crippen molar-refractivity contribution in [3.05, 3.63) is 83.1 Å². The minimum atomic E-state index is -0.320. The van der Waals surface area contributed by atoms with Crippen LogP contribution in [0, 0.1) is 0 Å². The van der Waals surface area contributed by atoms with Gasteiger partial charge in [-0.3, -0.25) is 14.6 Å². The molecule has 0 spiro atoms. The van der Waals surface area contributed by atoms with Crippen LogP contribution in [0.15, 0.2) is 66.9 Å². The number of aromatic nitrogens is 4. The number of H-pyrrole nitrogens is 1. The molecule has 0 saturated carbocycles. The monoisotopic (exact) mass is 407 g/mol. The Balaban J connectivity index is 1.43. The summed E-state index contributed by atoms with van der Waals surface area (Å²) in [5.74, 6) is 0.857. The molecule has 7 nitrogen and oxygen atoms in total. The molecule has 1 amide bonds. The number of aromatic amines is 1. The van der Waals surface area contributed by atoms with E-state index in [0.717, 1.165) is 16.9 Å². The molecule has 0 atom stereocenters. The lowest BCUT2D eigenvalue weighted by atomic mass is 10.1. The van der Waals surface area contributed by atoms with Crippen LogP contribution < -0.4 is 10.1 Å². The van der Waals surface area contributed by atoms with Gasteiger partial charge in [0.05, 0.1) is 19.3 Å². The van der Waals surface area contributed by atoms with Crippen LogP contribution in [0.1, 0.15) is 16.1 Å². The number of anilines is 1. The topological polar surface area (TPSA) is 84.8 Å². The molecule has 2 aromatic carbocycles. The molecule has 8 heteroatoms. The zero-order valence-corrected chi connectivity index (χ0v) is 16.3. The Labute approximate surface area is 172 Å². The van der Waals surface area contributed by atoms with Crippen LogP contribution in [0.25, 0.3) is 11.3 Å². The second-order valence-corrected chi connectivity index (χ2v) is 6.82. The first kappa shape index (κ1) is 18.8. The number of hydrogen-bond acceptors (Lipinski definition) is 4. The Morgan fingerprint density at radius 1 is 1.17 bits per heavy atom. The van der Waals surface area contributed by atoms with E-state index in [9.17, 15) is 4.79 Å². The molecule has 0 aliphatic rings. The predicted octanol–water partition coefficient (Wildman–Crippen LogP) is 4.24. The molecule has 4 aromatic rings. The molecule has 29 heavy (non-hydrogen) atoms. The normalized spacial score (nSPS) is 10.7. The highest BCUT2D eigenvalue weighted by molar-refractivity contribution is 6.30. The largest absolute Gasteiger partial charge is 0.497 e. The Hall–Kier alpha value is -3.58. The van der Waals surface area contributed by atoms with Crippen molar-refractivity contribution in [2.45, 2.75) is 6.54 Å². The summed E-state index contributed by atoms with van der Waals surface area (Å²) in [6.45, 7) is 0.556. The molecular weight excluding hydrogens is 390 g/mol. The molecule has 0 bridgehead atoms. The van der Waals surface area contributed by atoms with E-state index in [1.54, 1.807) is 30.1 Å². The minimum absolute atomic E-state index is 0.320. The SMILES string of the molecule is COc1cccc(-c2cc(C(=O)Nc3ccn(Cc4cccc(Cl)c4)n3)[nH]n2)c1. The lowest BCUT2D eigenvalue weighted by Gasteiger charge is -2.03. The van der Waals surface area contributed by atoms with Gasteiger partial charge in [-0.05, 0) is 35.9 Å². The molecule has 2 N–H and O–H groups in total. The summed E-state index contributed by atoms with van der Waals surface area (Å²) in [5.41, 5.74) is 2.87. The lowest BCUT2D eigenvalue weighted by molar-refractivity contribution is 0.102. The van der Waals surface area contributed by atoms with E-state index in [4.69, 9.17) is 16.3 Å². The maximum Gasteiger partial charge on any atom is 0.274 e. The van der Waals surface area contributed by atoms with Gasteiger partial charge in [0, 0.05) is 22.8 Å². The fraction of sp³-hybridized carbons (Fsp3) is 0.0952. The van der Waals surface area contributed by atoms with Gasteiger partial charge in [-0.2, -0.15) is 10.2 Å². The van der Waals surface area contributed by atoms with Crippen LogP contribution in [-0.4, -0.2) is 33.0 Å². The van der Waals surface area contributed by atoms with Crippen LogP contribution in [0.4, 0.5) is 5.82 Å². The number of carbonyl (C=O) groups excluding carboxylic acids is 1. The predicted molar refractivity (Wildman–Crippen MR) is 111 cm³/mol. The van der Waals surface area contributed by atoms with E-state index in [2.05, 4.69) is 20.6 Å². The summed E-state index contributed by atoms with van der Waals surface area (Å²) in [7, 11) is 1.61. The number of amides is 1. The molecule has 0 saturated heterocycles. The van der Waals surface area contributed by atoms with Crippen LogP contribution in [0.3, 0.4) is 0 Å². The summed E-state index contributed by atoms with van der Waals surface area (Å²) in [6, 6.07) is 18.5. The second kappa shape index (κ2) is 8.20. The fourth-order valence-electron chi connectivity index (χ4n) is 2.89. The highest BCUT2D eigenvalue weighted by atomic mass is 35.5. The van der Waals surface area contributed by atoms with Gasteiger partial charge < -0.3 is 10.1 Å². The smallest absolute Gasteiger partial charge is 0.274 e. The van der Waals surface area contributed by atoms with Crippen molar-refractivity contribution in [1.29, 1.82) is 0 Å². The number of nitrogens with zero attached hydrogens (tertiary/aromatic N) is 3. The quantitative estimate of drug-likeness (QED) is 0.500. The van der Waals surface area contributed by atoms with Gasteiger partial charge in [0.2, 0.25) is 0 Å². The van der Waals surface area contributed by atoms with Gasteiger partial charge in [-0.25, -0.2) is 0 Å². The first-order chi connectivity index (χ1) is 14.1. The van der Waals surface area contributed by atoms with Crippen molar-refractivity contribution in [3.8, 4) is 17.0 Å². The van der Waals surface area contributed by atoms with Crippen LogP contribution in [0.2, 0.25) is 5.02 Å². The third-order valence-corrected chi connectivity index (χ3v) is 4.54. The third kappa shape index (κ3) is 4.47. The van der Waals surface area contributed by atoms with Crippen molar-refractivity contribution in [1.82, 2.24) is 20.0 Å². The first-order valence-electron chi connectivity index (χ1n) is 8.90. The Kier molecular flexibility index (Phi) is 5.31. The van der Waals surface area contributed by atoms with Crippen molar-refractivity contribution < 1.29 is 9.53 Å². The number of hydrogen-bond donors (Lipinski definition) is 2. The van der Waals surface area contributed by atoms with Gasteiger partial charge in [-0.1, -0.05) is 35.9 Å². The number of rotatable bonds is 6.